The number of urea groups is 1. The smallest absolute Gasteiger partial charge is 0.317 e. The number of Topliss-reactive ketones (excluding diaryl/α,β-unsaturated/α-hetero) is 1. The Morgan fingerprint density at radius 2 is 1.68 bits per heavy atom. The molecule has 206 valence electrons. The van der Waals surface area contributed by atoms with E-state index in [0.29, 0.717) is 0 Å². The van der Waals surface area contributed by atoms with E-state index in [1.54, 1.807) is 19.0 Å². The Balaban J connectivity index is 1.66. The highest BCUT2D eigenvalue weighted by molar-refractivity contribution is 6.02. The number of nitrogens with one attached hydrogen (secondary N) is 1. The van der Waals surface area contributed by atoms with E-state index >= 15 is 0 Å². The van der Waals surface area contributed by atoms with Crippen molar-refractivity contribution in [2.45, 2.75) is 92.0 Å². The van der Waals surface area contributed by atoms with Crippen LogP contribution in [0.4, 0.5) is 4.79 Å². The van der Waals surface area contributed by atoms with Crippen LogP contribution in [0.3, 0.4) is 0 Å². The van der Waals surface area contributed by atoms with E-state index < -0.39 is 5.41 Å². The Morgan fingerprint density at radius 3 is 2.32 bits per heavy atom. The molecule has 0 bridgehead atoms. The maximum absolute atomic E-state index is 14.4. The standard InChI is InChI=1S/C32H45N3O3/c1-19-21-9-10-30(5)24(29(21,4)16-20(18-33)26(19)37)15-23(36)25-22-17-28(2,3)11-13-32(22,14-12-31(25,30)6)34-27(38)35(7)8/h15-16,19,21-22,25H,9-14,17H2,1-8H3,(H,34,38)/t19-,21-,22?,25?,29-,30+,31+,32-/m0/s1. The number of hydrogen-bond acceptors (Lipinski definition) is 4. The molecule has 6 heteroatoms. The van der Waals surface area contributed by atoms with E-state index in [-0.39, 0.29) is 68.6 Å². The van der Waals surface area contributed by atoms with Crippen LogP contribution in [0.5, 0.6) is 0 Å². The molecule has 0 saturated heterocycles. The number of rotatable bonds is 1. The quantitative estimate of drug-likeness (QED) is 0.471. The van der Waals surface area contributed by atoms with Gasteiger partial charge in [-0.25, -0.2) is 4.79 Å². The lowest BCUT2D eigenvalue weighted by Gasteiger charge is -2.68. The Kier molecular flexibility index (Phi) is 5.93. The molecule has 5 aliphatic rings. The van der Waals surface area contributed by atoms with Gasteiger partial charge in [-0.1, -0.05) is 53.2 Å². The molecule has 2 amide bonds. The summed E-state index contributed by atoms with van der Waals surface area (Å²) in [6.45, 7) is 13.4. The predicted octanol–water partition coefficient (Wildman–Crippen LogP) is 5.84. The average Bonchev–Trinajstić information content (AvgIpc) is 2.83. The average molecular weight is 520 g/mol. The largest absolute Gasteiger partial charge is 0.332 e. The zero-order chi connectivity index (χ0) is 28.1. The van der Waals surface area contributed by atoms with Crippen LogP contribution in [0.2, 0.25) is 0 Å². The van der Waals surface area contributed by atoms with E-state index in [2.05, 4.69) is 46.0 Å². The van der Waals surface area contributed by atoms with E-state index in [9.17, 15) is 19.6 Å². The van der Waals surface area contributed by atoms with Crippen LogP contribution in [0, 0.1) is 56.7 Å². The lowest BCUT2D eigenvalue weighted by Crippen LogP contribution is -2.70. The topological polar surface area (TPSA) is 90.3 Å². The van der Waals surface area contributed by atoms with Crippen molar-refractivity contribution >= 4 is 17.6 Å². The first-order valence-corrected chi connectivity index (χ1v) is 14.5. The van der Waals surface area contributed by atoms with Gasteiger partial charge in [0.15, 0.2) is 11.6 Å². The number of amides is 2. The van der Waals surface area contributed by atoms with Crippen LogP contribution in [-0.2, 0) is 9.59 Å². The highest BCUT2D eigenvalue weighted by Crippen LogP contribution is 2.72. The second-order valence-corrected chi connectivity index (χ2v) is 14.9. The molecule has 3 fully saturated rings. The maximum Gasteiger partial charge on any atom is 0.317 e. The number of ketones is 2. The minimum absolute atomic E-state index is 0.0612. The third kappa shape index (κ3) is 3.45. The Bertz CT molecular complexity index is 1210. The highest BCUT2D eigenvalue weighted by Gasteiger charge is 2.69. The Hall–Kier alpha value is -2.42. The molecule has 5 rings (SSSR count). The minimum Gasteiger partial charge on any atom is -0.332 e. The summed E-state index contributed by atoms with van der Waals surface area (Å²) in [4.78, 5) is 42.0. The zero-order valence-corrected chi connectivity index (χ0v) is 24.5. The summed E-state index contributed by atoms with van der Waals surface area (Å²) in [5.41, 5.74) is 0.105. The number of carbonyl (C=O) groups excluding carboxylic acids is 3. The van der Waals surface area contributed by atoms with Crippen LogP contribution in [-0.4, -0.2) is 42.1 Å². The fraction of sp³-hybridized carbons (Fsp3) is 0.750. The molecule has 0 aromatic heterocycles. The molecule has 0 radical (unpaired) electrons. The molecule has 5 aliphatic carbocycles. The second kappa shape index (κ2) is 8.29. The molecule has 0 spiro atoms. The fourth-order valence-electron chi connectivity index (χ4n) is 9.80. The first-order valence-electron chi connectivity index (χ1n) is 14.5. The normalized spacial score (nSPS) is 45.2. The molecule has 8 atom stereocenters. The molecule has 3 saturated carbocycles. The number of hydrogen-bond donors (Lipinski definition) is 1. The summed E-state index contributed by atoms with van der Waals surface area (Å²) in [5.74, 6) is -0.133. The number of allylic oxidation sites excluding steroid dienone is 4. The number of carbonyl (C=O) groups is 3. The van der Waals surface area contributed by atoms with E-state index in [0.717, 1.165) is 50.5 Å². The lowest BCUT2D eigenvalue weighted by atomic mass is 9.36. The van der Waals surface area contributed by atoms with Gasteiger partial charge in [0.2, 0.25) is 0 Å². The van der Waals surface area contributed by atoms with Gasteiger partial charge < -0.3 is 10.2 Å². The molecular weight excluding hydrogens is 474 g/mol. The first kappa shape index (κ1) is 27.2. The Morgan fingerprint density at radius 1 is 1.03 bits per heavy atom. The Labute approximate surface area is 228 Å². The molecule has 0 aromatic rings. The molecular formula is C32H45N3O3. The van der Waals surface area contributed by atoms with Gasteiger partial charge in [0.25, 0.3) is 0 Å². The zero-order valence-electron chi connectivity index (χ0n) is 24.5. The summed E-state index contributed by atoms with van der Waals surface area (Å²) in [6, 6.07) is 2.08. The van der Waals surface area contributed by atoms with Gasteiger partial charge in [0.05, 0.1) is 5.57 Å². The molecule has 38 heavy (non-hydrogen) atoms. The van der Waals surface area contributed by atoms with Gasteiger partial charge in [-0.15, -0.1) is 0 Å². The van der Waals surface area contributed by atoms with Gasteiger partial charge >= 0.3 is 6.03 Å². The van der Waals surface area contributed by atoms with E-state index in [1.807, 2.05) is 19.1 Å². The van der Waals surface area contributed by atoms with Crippen LogP contribution >= 0.6 is 0 Å². The fourth-order valence-corrected chi connectivity index (χ4v) is 9.80. The third-order valence-corrected chi connectivity index (χ3v) is 12.3. The molecule has 2 unspecified atom stereocenters. The van der Waals surface area contributed by atoms with Crippen LogP contribution in [0.1, 0.15) is 86.5 Å². The molecule has 6 nitrogen and oxygen atoms in total. The van der Waals surface area contributed by atoms with Crippen molar-refractivity contribution in [2.75, 3.05) is 14.1 Å². The second-order valence-electron chi connectivity index (χ2n) is 14.9. The number of fused-ring (bicyclic) bond motifs is 7. The van der Waals surface area contributed by atoms with Crippen LogP contribution in [0.15, 0.2) is 23.3 Å². The summed E-state index contributed by atoms with van der Waals surface area (Å²) >= 11 is 0. The van der Waals surface area contributed by atoms with Crippen LogP contribution < -0.4 is 5.32 Å². The van der Waals surface area contributed by atoms with Crippen molar-refractivity contribution in [3.8, 4) is 6.07 Å². The van der Waals surface area contributed by atoms with E-state index in [4.69, 9.17) is 0 Å². The molecule has 0 aromatic carbocycles. The van der Waals surface area contributed by atoms with Crippen molar-refractivity contribution in [2.24, 2.45) is 45.3 Å². The van der Waals surface area contributed by atoms with Crippen molar-refractivity contribution in [3.63, 3.8) is 0 Å². The SMILES string of the molecule is C[C@@H]1C(=O)C(C#N)=C[C@]2(C)C3=CC(=O)C4C5CC(C)(C)CC[C@]5(NC(=O)N(C)C)CC[C@@]4(C)[C@]3(C)CC[C@@H]12. The van der Waals surface area contributed by atoms with Gasteiger partial charge in [-0.2, -0.15) is 5.26 Å². The third-order valence-electron chi connectivity index (χ3n) is 12.3. The van der Waals surface area contributed by atoms with Gasteiger partial charge in [0, 0.05) is 36.9 Å². The summed E-state index contributed by atoms with van der Waals surface area (Å²) in [6.07, 6.45) is 10.2. The van der Waals surface area contributed by atoms with Crippen molar-refractivity contribution in [1.29, 1.82) is 5.26 Å². The van der Waals surface area contributed by atoms with Gasteiger partial charge in [-0.05, 0) is 79.1 Å². The van der Waals surface area contributed by atoms with Crippen molar-refractivity contribution in [3.05, 3.63) is 23.3 Å². The summed E-state index contributed by atoms with van der Waals surface area (Å²) < 4.78 is 0. The molecule has 0 heterocycles. The van der Waals surface area contributed by atoms with Crippen molar-refractivity contribution in [1.82, 2.24) is 10.2 Å². The predicted molar refractivity (Wildman–Crippen MR) is 147 cm³/mol. The first-order chi connectivity index (χ1) is 17.6. The number of nitrogens with zero attached hydrogens (tertiary/aromatic N) is 2. The van der Waals surface area contributed by atoms with Crippen molar-refractivity contribution < 1.29 is 14.4 Å². The summed E-state index contributed by atoms with van der Waals surface area (Å²) in [5, 5.41) is 13.2. The van der Waals surface area contributed by atoms with Crippen LogP contribution in [0.25, 0.3) is 0 Å². The van der Waals surface area contributed by atoms with Gasteiger partial charge in [0.1, 0.15) is 6.07 Å². The lowest BCUT2D eigenvalue weighted by molar-refractivity contribution is -0.158. The number of nitriles is 1. The monoisotopic (exact) mass is 519 g/mol. The minimum atomic E-state index is -0.492. The van der Waals surface area contributed by atoms with E-state index in [1.165, 1.54) is 0 Å². The maximum atomic E-state index is 14.4. The molecule has 1 N–H and O–H groups in total. The van der Waals surface area contributed by atoms with Gasteiger partial charge in [-0.3, -0.25) is 9.59 Å². The molecule has 0 aliphatic heterocycles. The summed E-state index contributed by atoms with van der Waals surface area (Å²) in [7, 11) is 3.56. The highest BCUT2D eigenvalue weighted by atomic mass is 16.2.